The lowest BCUT2D eigenvalue weighted by molar-refractivity contribution is 0.485. The molecule has 0 amide bonds. The summed E-state index contributed by atoms with van der Waals surface area (Å²) in [7, 11) is 0. The van der Waals surface area contributed by atoms with E-state index < -0.39 is 0 Å². The number of hydrogen-bond donors (Lipinski definition) is 1. The van der Waals surface area contributed by atoms with E-state index in [1.165, 1.54) is 10.9 Å². The van der Waals surface area contributed by atoms with Crippen molar-refractivity contribution in [3.8, 4) is 17.2 Å². The summed E-state index contributed by atoms with van der Waals surface area (Å²) in [4.78, 5) is 5.00. The molecular formula is C42H31N3O. The van der Waals surface area contributed by atoms with Gasteiger partial charge in [-0.1, -0.05) is 140 Å². The molecule has 8 rings (SSSR count). The number of aliphatic imine (C=N–C) groups is 1. The van der Waals surface area contributed by atoms with E-state index in [9.17, 15) is 0 Å². The fraction of sp³-hybridized carbons (Fsp3) is 0.0238. The Morgan fingerprint density at radius 3 is 2.24 bits per heavy atom. The SMILES string of the molecule is NC(=N/C(=C\Cc1ccccc1)c1cccc(-n2c3ccccc3c3ccc4c(c32)Oc2ccccc2C=C4)c1)c1ccccc1. The second-order valence-corrected chi connectivity index (χ2v) is 11.4. The second-order valence-electron chi connectivity index (χ2n) is 11.4. The fourth-order valence-corrected chi connectivity index (χ4v) is 6.21. The molecule has 0 bridgehead atoms. The molecule has 0 atom stereocenters. The molecule has 0 spiro atoms. The van der Waals surface area contributed by atoms with Gasteiger partial charge < -0.3 is 15.0 Å². The van der Waals surface area contributed by atoms with Crippen LogP contribution in [0.3, 0.4) is 0 Å². The Hall–Kier alpha value is -6.13. The van der Waals surface area contributed by atoms with Crippen molar-refractivity contribution in [2.45, 2.75) is 6.42 Å². The minimum atomic E-state index is 0.478. The van der Waals surface area contributed by atoms with Crippen molar-refractivity contribution in [3.05, 3.63) is 179 Å². The van der Waals surface area contributed by atoms with E-state index in [-0.39, 0.29) is 0 Å². The summed E-state index contributed by atoms with van der Waals surface area (Å²) in [5.41, 5.74) is 15.7. The summed E-state index contributed by atoms with van der Waals surface area (Å²) in [5.74, 6) is 2.16. The number of ether oxygens (including phenoxy) is 1. The standard InChI is InChI=1S/C42H31N3O/c43-42(32-15-5-2-6-16-32)44-37(27-22-29-12-3-1-4-13-29)33-17-11-18-34(28-33)45-38-20-9-8-19-35(38)36-26-25-31-24-23-30-14-7-10-21-39(30)46-41(31)40(36)45/h1-21,23-28H,22H2,(H2,43,44)/b37-27-. The Bertz CT molecular complexity index is 2310. The van der Waals surface area contributed by atoms with Crippen molar-refractivity contribution in [2.24, 2.45) is 10.7 Å². The third-order valence-corrected chi connectivity index (χ3v) is 8.48. The van der Waals surface area contributed by atoms with Gasteiger partial charge in [-0.3, -0.25) is 0 Å². The zero-order valence-electron chi connectivity index (χ0n) is 25.2. The van der Waals surface area contributed by atoms with Crippen LogP contribution in [-0.2, 0) is 6.42 Å². The zero-order chi connectivity index (χ0) is 30.9. The van der Waals surface area contributed by atoms with Crippen molar-refractivity contribution in [2.75, 3.05) is 0 Å². The van der Waals surface area contributed by atoms with Crippen molar-refractivity contribution < 1.29 is 4.74 Å². The summed E-state index contributed by atoms with van der Waals surface area (Å²) in [6.45, 7) is 0. The summed E-state index contributed by atoms with van der Waals surface area (Å²) in [6.07, 6.45) is 7.16. The van der Waals surface area contributed by atoms with Crippen LogP contribution in [-0.4, -0.2) is 10.4 Å². The van der Waals surface area contributed by atoms with Crippen LogP contribution in [0.5, 0.6) is 11.5 Å². The molecule has 4 heteroatoms. The number of benzene rings is 6. The predicted molar refractivity (Wildman–Crippen MR) is 192 cm³/mol. The molecule has 0 saturated carbocycles. The lowest BCUT2D eigenvalue weighted by atomic mass is 10.1. The molecule has 2 N–H and O–H groups in total. The number of aromatic nitrogens is 1. The Morgan fingerprint density at radius 2 is 1.37 bits per heavy atom. The van der Waals surface area contributed by atoms with Crippen LogP contribution in [0.4, 0.5) is 0 Å². The van der Waals surface area contributed by atoms with Gasteiger partial charge in [0.1, 0.15) is 11.6 Å². The first kappa shape index (κ1) is 27.4. The van der Waals surface area contributed by atoms with Crippen molar-refractivity contribution in [3.63, 3.8) is 0 Å². The Kier molecular flexibility index (Phi) is 7.01. The highest BCUT2D eigenvalue weighted by atomic mass is 16.5. The van der Waals surface area contributed by atoms with E-state index >= 15 is 0 Å². The highest BCUT2D eigenvalue weighted by molar-refractivity contribution is 6.12. The third kappa shape index (κ3) is 5.06. The van der Waals surface area contributed by atoms with E-state index in [1.54, 1.807) is 0 Å². The van der Waals surface area contributed by atoms with Gasteiger partial charge in [-0.25, -0.2) is 4.99 Å². The van der Waals surface area contributed by atoms with Crippen LogP contribution in [0.2, 0.25) is 0 Å². The first-order valence-corrected chi connectivity index (χ1v) is 15.5. The Morgan fingerprint density at radius 1 is 0.652 bits per heavy atom. The quantitative estimate of drug-likeness (QED) is 0.154. The van der Waals surface area contributed by atoms with Gasteiger partial charge >= 0.3 is 0 Å². The largest absolute Gasteiger partial charge is 0.454 e. The van der Waals surface area contributed by atoms with Gasteiger partial charge in [0.2, 0.25) is 0 Å². The smallest absolute Gasteiger partial charge is 0.159 e. The number of para-hydroxylation sites is 2. The first-order valence-electron chi connectivity index (χ1n) is 15.5. The maximum atomic E-state index is 6.74. The fourth-order valence-electron chi connectivity index (χ4n) is 6.21. The van der Waals surface area contributed by atoms with Gasteiger partial charge in [-0.2, -0.15) is 0 Å². The molecule has 4 nitrogen and oxygen atoms in total. The molecular weight excluding hydrogens is 562 g/mol. The molecule has 1 aliphatic rings. The number of rotatable bonds is 6. The molecule has 2 heterocycles. The van der Waals surface area contributed by atoms with Crippen LogP contribution in [0.15, 0.2) is 157 Å². The molecule has 46 heavy (non-hydrogen) atoms. The van der Waals surface area contributed by atoms with E-state index in [2.05, 4.69) is 114 Å². The lowest BCUT2D eigenvalue weighted by Crippen LogP contribution is -2.13. The van der Waals surface area contributed by atoms with Crippen molar-refractivity contribution >= 4 is 45.5 Å². The van der Waals surface area contributed by atoms with E-state index in [4.69, 9.17) is 15.5 Å². The topological polar surface area (TPSA) is 52.5 Å². The van der Waals surface area contributed by atoms with Gasteiger partial charge in [-0.15, -0.1) is 0 Å². The molecule has 6 aromatic carbocycles. The molecule has 1 aromatic heterocycles. The molecule has 0 unspecified atom stereocenters. The van der Waals surface area contributed by atoms with Gasteiger partial charge in [0.25, 0.3) is 0 Å². The summed E-state index contributed by atoms with van der Waals surface area (Å²) < 4.78 is 9.05. The molecule has 220 valence electrons. The highest BCUT2D eigenvalue weighted by Gasteiger charge is 2.21. The Labute approximate surface area is 268 Å². The minimum Gasteiger partial charge on any atom is -0.454 e. The van der Waals surface area contributed by atoms with Gasteiger partial charge in [0.15, 0.2) is 5.75 Å². The summed E-state index contributed by atoms with van der Waals surface area (Å²) in [5, 5.41) is 2.31. The average molecular weight is 594 g/mol. The van der Waals surface area contributed by atoms with Crippen LogP contribution in [0, 0.1) is 0 Å². The molecule has 0 saturated heterocycles. The molecule has 1 aliphatic heterocycles. The number of amidine groups is 1. The zero-order valence-corrected chi connectivity index (χ0v) is 25.2. The number of fused-ring (bicyclic) bond motifs is 6. The minimum absolute atomic E-state index is 0.478. The number of nitrogens with zero attached hydrogens (tertiary/aromatic N) is 2. The molecule has 0 radical (unpaired) electrons. The lowest BCUT2D eigenvalue weighted by Gasteiger charge is -2.15. The monoisotopic (exact) mass is 593 g/mol. The highest BCUT2D eigenvalue weighted by Crippen LogP contribution is 2.44. The van der Waals surface area contributed by atoms with Crippen molar-refractivity contribution in [1.29, 1.82) is 0 Å². The predicted octanol–water partition coefficient (Wildman–Crippen LogP) is 10.0. The van der Waals surface area contributed by atoms with E-state index in [0.29, 0.717) is 5.84 Å². The molecule has 0 fully saturated rings. The Balaban J connectivity index is 1.32. The van der Waals surface area contributed by atoms with Crippen LogP contribution >= 0.6 is 0 Å². The van der Waals surface area contributed by atoms with Crippen LogP contribution in [0.1, 0.15) is 27.8 Å². The van der Waals surface area contributed by atoms with Gasteiger partial charge in [0.05, 0.1) is 16.7 Å². The maximum Gasteiger partial charge on any atom is 0.159 e. The number of hydrogen-bond acceptors (Lipinski definition) is 2. The number of nitrogens with two attached hydrogens (primary N) is 1. The normalized spacial score (nSPS) is 12.9. The molecule has 0 aliphatic carbocycles. The van der Waals surface area contributed by atoms with E-state index in [1.807, 2.05) is 54.6 Å². The summed E-state index contributed by atoms with van der Waals surface area (Å²) in [6, 6.07) is 49.9. The maximum absolute atomic E-state index is 6.74. The first-order chi connectivity index (χ1) is 22.7. The van der Waals surface area contributed by atoms with Crippen molar-refractivity contribution in [1.82, 2.24) is 4.57 Å². The van der Waals surface area contributed by atoms with Gasteiger partial charge in [0, 0.05) is 38.7 Å². The third-order valence-electron chi connectivity index (χ3n) is 8.48. The van der Waals surface area contributed by atoms with Crippen LogP contribution < -0.4 is 10.5 Å². The van der Waals surface area contributed by atoms with E-state index in [0.717, 1.165) is 68.0 Å². The summed E-state index contributed by atoms with van der Waals surface area (Å²) >= 11 is 0. The second kappa shape index (κ2) is 11.8. The average Bonchev–Trinajstić information content (AvgIpc) is 3.33. The van der Waals surface area contributed by atoms with Crippen LogP contribution in [0.25, 0.3) is 45.3 Å². The van der Waals surface area contributed by atoms with Gasteiger partial charge in [-0.05, 0) is 36.2 Å². The number of allylic oxidation sites excluding steroid dienone is 1. The molecule has 7 aromatic rings.